The Kier molecular flexibility index (Phi) is 36.3. The highest BCUT2D eigenvalue weighted by Gasteiger charge is 2.12. The molecule has 0 heterocycles. The topological polar surface area (TPSA) is 69.6 Å². The van der Waals surface area contributed by atoms with Gasteiger partial charge in [-0.05, 0) is 89.9 Å². The number of carboxylic acid groups (broad SMARTS) is 1. The van der Waals surface area contributed by atoms with Gasteiger partial charge in [-0.3, -0.25) is 4.79 Å². The summed E-state index contributed by atoms with van der Waals surface area (Å²) in [6.07, 6.45) is 49.1. The van der Waals surface area contributed by atoms with E-state index in [2.05, 4.69) is 72.7 Å². The number of hydrogen-bond donors (Lipinski definition) is 2. The number of rotatable bonds is 35. The van der Waals surface area contributed by atoms with Gasteiger partial charge in [0.05, 0.1) is 0 Å². The predicted molar refractivity (Wildman–Crippen MR) is 205 cm³/mol. The summed E-state index contributed by atoms with van der Waals surface area (Å²) >= 11 is 0. The normalized spacial score (nSPS) is 12.0. The summed E-state index contributed by atoms with van der Waals surface area (Å²) < 4.78 is 0. The smallest absolute Gasteiger partial charge is 0.404 e. The molecule has 0 rings (SSSR count). The van der Waals surface area contributed by atoms with Crippen LogP contribution in [-0.4, -0.2) is 41.6 Å². The molecule has 272 valence electrons. The van der Waals surface area contributed by atoms with Crippen molar-refractivity contribution in [2.24, 2.45) is 0 Å². The average Bonchev–Trinajstić information content (AvgIpc) is 3.06. The van der Waals surface area contributed by atoms with Gasteiger partial charge in [-0.2, -0.15) is 0 Å². The van der Waals surface area contributed by atoms with Gasteiger partial charge >= 0.3 is 6.09 Å². The molecule has 0 saturated heterocycles. The van der Waals surface area contributed by atoms with Crippen molar-refractivity contribution in [2.45, 2.75) is 187 Å². The van der Waals surface area contributed by atoms with Crippen LogP contribution in [0.2, 0.25) is 0 Å². The average molecular weight is 657 g/mol. The molecular formula is C42H76N2O3. The van der Waals surface area contributed by atoms with Crippen LogP contribution in [0.3, 0.4) is 0 Å². The molecule has 0 aromatic heterocycles. The van der Waals surface area contributed by atoms with E-state index < -0.39 is 6.09 Å². The summed E-state index contributed by atoms with van der Waals surface area (Å²) in [4.78, 5) is 25.7. The summed E-state index contributed by atoms with van der Waals surface area (Å²) in [5.41, 5.74) is 0. The van der Waals surface area contributed by atoms with Crippen molar-refractivity contribution in [2.75, 3.05) is 19.6 Å². The maximum absolute atomic E-state index is 13.0. The minimum atomic E-state index is -0.993. The number of carbonyl (C=O) groups is 2. The maximum Gasteiger partial charge on any atom is 0.404 e. The van der Waals surface area contributed by atoms with Crippen LogP contribution in [0.4, 0.5) is 4.79 Å². The Morgan fingerprint density at radius 1 is 0.489 bits per heavy atom. The second-order valence-corrected chi connectivity index (χ2v) is 13.2. The van der Waals surface area contributed by atoms with Crippen LogP contribution in [0.15, 0.2) is 48.6 Å². The van der Waals surface area contributed by atoms with Gasteiger partial charge in [-0.25, -0.2) is 4.79 Å². The fraction of sp³-hybridized carbons (Fsp3) is 0.762. The molecule has 0 bridgehead atoms. The zero-order chi connectivity index (χ0) is 34.3. The highest BCUT2D eigenvalue weighted by Crippen LogP contribution is 2.13. The first-order valence-corrected chi connectivity index (χ1v) is 20.0. The third kappa shape index (κ3) is 36.4. The van der Waals surface area contributed by atoms with Gasteiger partial charge in [0, 0.05) is 26.1 Å². The summed E-state index contributed by atoms with van der Waals surface area (Å²) in [5.74, 6) is 0.241. The molecule has 0 aliphatic carbocycles. The lowest BCUT2D eigenvalue weighted by Gasteiger charge is -2.23. The first-order valence-electron chi connectivity index (χ1n) is 20.0. The predicted octanol–water partition coefficient (Wildman–Crippen LogP) is 12.9. The van der Waals surface area contributed by atoms with E-state index >= 15 is 0 Å². The monoisotopic (exact) mass is 657 g/mol. The summed E-state index contributed by atoms with van der Waals surface area (Å²) in [7, 11) is 0. The zero-order valence-corrected chi connectivity index (χ0v) is 31.0. The van der Waals surface area contributed by atoms with Crippen molar-refractivity contribution in [3.05, 3.63) is 48.6 Å². The number of amides is 2. The molecule has 5 heteroatoms. The fourth-order valence-electron chi connectivity index (χ4n) is 5.70. The van der Waals surface area contributed by atoms with Gasteiger partial charge in [-0.15, -0.1) is 0 Å². The van der Waals surface area contributed by atoms with Crippen molar-refractivity contribution < 1.29 is 14.7 Å². The van der Waals surface area contributed by atoms with Gasteiger partial charge in [0.1, 0.15) is 0 Å². The summed E-state index contributed by atoms with van der Waals surface area (Å²) in [6.45, 7) is 6.64. The molecule has 47 heavy (non-hydrogen) atoms. The van der Waals surface area contributed by atoms with Crippen LogP contribution in [0.1, 0.15) is 187 Å². The second kappa shape index (κ2) is 38.2. The van der Waals surface area contributed by atoms with Gasteiger partial charge < -0.3 is 15.3 Å². The number of hydrogen-bond acceptors (Lipinski definition) is 2. The van der Waals surface area contributed by atoms with Gasteiger partial charge in [-0.1, -0.05) is 140 Å². The number of allylic oxidation sites excluding steroid dienone is 8. The lowest BCUT2D eigenvalue weighted by molar-refractivity contribution is -0.131. The molecular weight excluding hydrogens is 580 g/mol. The molecule has 0 fully saturated rings. The largest absolute Gasteiger partial charge is 0.465 e. The molecule has 2 amide bonds. The first kappa shape index (κ1) is 44.7. The lowest BCUT2D eigenvalue weighted by atomic mass is 10.1. The molecule has 0 radical (unpaired) electrons. The minimum Gasteiger partial charge on any atom is -0.465 e. The van der Waals surface area contributed by atoms with Crippen LogP contribution < -0.4 is 5.32 Å². The van der Waals surface area contributed by atoms with Crippen molar-refractivity contribution in [1.29, 1.82) is 0 Å². The quantitative estimate of drug-likeness (QED) is 0.0527. The molecule has 0 aliphatic rings. The standard InChI is InChI=1S/C42H76N2O3/c1-3-5-7-9-11-13-15-17-19-21-23-25-27-29-31-35-39-44(41(45)37-33-34-38-43-42(46)47)40-36-32-30-28-26-24-22-20-18-16-14-12-10-8-6-4-2/h11-14,17-20,43H,3-10,15-16,21-40H2,1-2H3,(H,46,47). The van der Waals surface area contributed by atoms with E-state index in [4.69, 9.17) is 5.11 Å². The Labute approximate surface area is 291 Å². The number of nitrogens with zero attached hydrogens (tertiary/aromatic N) is 1. The maximum atomic E-state index is 13.0. The highest BCUT2D eigenvalue weighted by molar-refractivity contribution is 5.76. The Hall–Kier alpha value is -2.30. The van der Waals surface area contributed by atoms with Crippen molar-refractivity contribution in [3.8, 4) is 0 Å². The number of carbonyl (C=O) groups excluding carboxylic acids is 1. The minimum absolute atomic E-state index is 0.241. The Balaban J connectivity index is 4.08. The summed E-state index contributed by atoms with van der Waals surface area (Å²) in [5, 5.41) is 11.1. The fourth-order valence-corrected chi connectivity index (χ4v) is 5.70. The molecule has 0 unspecified atom stereocenters. The van der Waals surface area contributed by atoms with Gasteiger partial charge in [0.25, 0.3) is 0 Å². The van der Waals surface area contributed by atoms with Gasteiger partial charge in [0.2, 0.25) is 5.91 Å². The number of nitrogens with one attached hydrogen (secondary N) is 1. The number of unbranched alkanes of at least 4 members (excludes halogenated alkanes) is 19. The molecule has 0 aliphatic heterocycles. The van der Waals surface area contributed by atoms with Crippen molar-refractivity contribution in [1.82, 2.24) is 10.2 Å². The van der Waals surface area contributed by atoms with Crippen LogP contribution in [0, 0.1) is 0 Å². The molecule has 0 atom stereocenters. The highest BCUT2D eigenvalue weighted by atomic mass is 16.4. The molecule has 0 aromatic rings. The van der Waals surface area contributed by atoms with E-state index in [1.54, 1.807) is 0 Å². The third-order valence-corrected chi connectivity index (χ3v) is 8.70. The van der Waals surface area contributed by atoms with Crippen LogP contribution in [0.5, 0.6) is 0 Å². The van der Waals surface area contributed by atoms with E-state index in [0.29, 0.717) is 19.4 Å². The van der Waals surface area contributed by atoms with Gasteiger partial charge in [0.15, 0.2) is 0 Å². The van der Waals surface area contributed by atoms with Crippen LogP contribution >= 0.6 is 0 Å². The zero-order valence-electron chi connectivity index (χ0n) is 31.0. The Morgan fingerprint density at radius 3 is 1.28 bits per heavy atom. The first-order chi connectivity index (χ1) is 23.1. The SMILES string of the molecule is CCCCCC=CCC=CCCCCCCCCN(CCCCCCCCC=CCC=CCCCCC)C(=O)CCCCNC(=O)O. The second-order valence-electron chi connectivity index (χ2n) is 13.2. The van der Waals surface area contributed by atoms with Crippen molar-refractivity contribution in [3.63, 3.8) is 0 Å². The molecule has 0 spiro atoms. The van der Waals surface area contributed by atoms with E-state index in [0.717, 1.165) is 45.2 Å². The molecule has 5 nitrogen and oxygen atoms in total. The molecule has 0 aromatic carbocycles. The Bertz CT molecular complexity index is 754. The lowest BCUT2D eigenvalue weighted by Crippen LogP contribution is -2.33. The Morgan fingerprint density at radius 2 is 0.872 bits per heavy atom. The molecule has 0 saturated carbocycles. The van der Waals surface area contributed by atoms with E-state index in [1.807, 2.05) is 0 Å². The summed E-state index contributed by atoms with van der Waals surface area (Å²) in [6, 6.07) is 0. The third-order valence-electron chi connectivity index (χ3n) is 8.70. The van der Waals surface area contributed by atoms with Crippen molar-refractivity contribution >= 4 is 12.0 Å². The van der Waals surface area contributed by atoms with E-state index in [-0.39, 0.29) is 5.91 Å². The molecule has 2 N–H and O–H groups in total. The van der Waals surface area contributed by atoms with Crippen LogP contribution in [0.25, 0.3) is 0 Å². The van der Waals surface area contributed by atoms with E-state index in [9.17, 15) is 9.59 Å². The van der Waals surface area contributed by atoms with E-state index in [1.165, 1.54) is 128 Å². The van der Waals surface area contributed by atoms with Crippen LogP contribution in [-0.2, 0) is 4.79 Å².